The molecule has 2 aromatic rings. The largest absolute Gasteiger partial charge is 0.465 e. The first-order chi connectivity index (χ1) is 15.7. The lowest BCUT2D eigenvalue weighted by Crippen LogP contribution is -2.42. The maximum atomic E-state index is 12.6. The molecule has 9 nitrogen and oxygen atoms in total. The smallest absolute Gasteiger partial charge is 0.281 e. The monoisotopic (exact) mass is 426 g/mol. The fraction of sp³-hybridized carbons (Fsp3) is 0.130. The molecule has 0 atom stereocenters. The van der Waals surface area contributed by atoms with Gasteiger partial charge in [-0.2, -0.15) is 4.99 Å². The van der Waals surface area contributed by atoms with Gasteiger partial charge in [0.05, 0.1) is 22.7 Å². The van der Waals surface area contributed by atoms with Gasteiger partial charge in [-0.1, -0.05) is 12.2 Å². The maximum Gasteiger partial charge on any atom is 0.281 e. The zero-order valence-corrected chi connectivity index (χ0v) is 17.0. The summed E-state index contributed by atoms with van der Waals surface area (Å²) in [5, 5.41) is 0.535. The van der Waals surface area contributed by atoms with Crippen LogP contribution < -0.4 is 20.3 Å². The van der Waals surface area contributed by atoms with Gasteiger partial charge in [0, 0.05) is 38.1 Å². The molecule has 0 radical (unpaired) electrons. The molecule has 158 valence electrons. The van der Waals surface area contributed by atoms with Crippen molar-refractivity contribution in [3.05, 3.63) is 78.2 Å². The van der Waals surface area contributed by atoms with E-state index in [1.807, 2.05) is 4.90 Å². The fourth-order valence-corrected chi connectivity index (χ4v) is 3.48. The van der Waals surface area contributed by atoms with Crippen LogP contribution >= 0.6 is 0 Å². The first kappa shape index (κ1) is 19.6. The summed E-state index contributed by atoms with van der Waals surface area (Å²) >= 11 is 0. The van der Waals surface area contributed by atoms with Crippen molar-refractivity contribution in [2.45, 2.75) is 6.42 Å². The number of carbonyl (C=O) groups is 2. The Morgan fingerprint density at radius 1 is 0.938 bits per heavy atom. The number of rotatable bonds is 0. The van der Waals surface area contributed by atoms with E-state index in [1.165, 1.54) is 12.5 Å². The van der Waals surface area contributed by atoms with Crippen LogP contribution in [0.15, 0.2) is 77.5 Å². The highest BCUT2D eigenvalue weighted by Gasteiger charge is 2.23. The van der Waals surface area contributed by atoms with Gasteiger partial charge < -0.3 is 14.5 Å². The highest BCUT2D eigenvalue weighted by atomic mass is 16.5. The van der Waals surface area contributed by atoms with Crippen LogP contribution in [0.2, 0.25) is 0 Å². The van der Waals surface area contributed by atoms with E-state index in [1.54, 1.807) is 66.1 Å². The molecule has 9 heteroatoms. The van der Waals surface area contributed by atoms with E-state index >= 15 is 0 Å². The summed E-state index contributed by atoms with van der Waals surface area (Å²) in [6.45, 7) is 1.00. The Morgan fingerprint density at radius 3 is 2.56 bits per heavy atom. The average Bonchev–Trinajstić information content (AvgIpc) is 3.15. The Kier molecular flexibility index (Phi) is 5.12. The van der Waals surface area contributed by atoms with Gasteiger partial charge in [0.25, 0.3) is 5.91 Å². The second-order valence-corrected chi connectivity index (χ2v) is 7.14. The Morgan fingerprint density at radius 2 is 1.75 bits per heavy atom. The van der Waals surface area contributed by atoms with Crippen molar-refractivity contribution in [1.82, 2.24) is 14.9 Å². The van der Waals surface area contributed by atoms with E-state index in [-0.39, 0.29) is 12.3 Å². The molecule has 4 bridgehead atoms. The first-order valence-electron chi connectivity index (χ1n) is 10.0. The summed E-state index contributed by atoms with van der Waals surface area (Å²) < 4.78 is 5.54. The van der Waals surface area contributed by atoms with Crippen LogP contribution in [0.1, 0.15) is 6.42 Å². The quantitative estimate of drug-likeness (QED) is 0.627. The van der Waals surface area contributed by atoms with Crippen molar-refractivity contribution in [3.8, 4) is 5.75 Å². The fourth-order valence-electron chi connectivity index (χ4n) is 3.48. The Hall–Kier alpha value is -4.40. The zero-order valence-electron chi connectivity index (χ0n) is 17.0. The van der Waals surface area contributed by atoms with Gasteiger partial charge in [-0.15, -0.1) is 0 Å². The number of ether oxygens (including phenoxy) is 1. The summed E-state index contributed by atoms with van der Waals surface area (Å²) in [7, 11) is 0. The minimum absolute atomic E-state index is 0.0195. The second-order valence-electron chi connectivity index (χ2n) is 7.14. The van der Waals surface area contributed by atoms with Gasteiger partial charge in [0.1, 0.15) is 17.9 Å². The number of nitrogens with zero attached hydrogens (tertiary/aromatic N) is 6. The van der Waals surface area contributed by atoms with Gasteiger partial charge in [0.15, 0.2) is 5.49 Å². The molecule has 0 N–H and O–H groups in total. The van der Waals surface area contributed by atoms with Crippen molar-refractivity contribution in [2.24, 2.45) is 9.98 Å². The van der Waals surface area contributed by atoms with Crippen LogP contribution in [-0.4, -0.2) is 46.0 Å². The van der Waals surface area contributed by atoms with Crippen molar-refractivity contribution in [1.29, 1.82) is 0 Å². The van der Waals surface area contributed by atoms with Gasteiger partial charge in [0.2, 0.25) is 5.91 Å². The normalized spacial score (nSPS) is 19.6. The minimum atomic E-state index is -0.415. The van der Waals surface area contributed by atoms with Crippen LogP contribution in [0, 0.1) is 0 Å². The molecule has 6 aliphatic rings. The van der Waals surface area contributed by atoms with Gasteiger partial charge in [-0.05, 0) is 30.3 Å². The molecule has 1 aromatic carbocycles. The molecule has 0 fully saturated rings. The van der Waals surface area contributed by atoms with Crippen molar-refractivity contribution >= 4 is 35.1 Å². The predicted molar refractivity (Wildman–Crippen MR) is 118 cm³/mol. The number of aromatic nitrogens is 2. The summed E-state index contributed by atoms with van der Waals surface area (Å²) in [6.07, 6.45) is 13.5. The van der Waals surface area contributed by atoms with Crippen molar-refractivity contribution in [3.63, 3.8) is 0 Å². The summed E-state index contributed by atoms with van der Waals surface area (Å²) in [4.78, 5) is 45.6. The number of aliphatic imine (C=N–C) groups is 1. The minimum Gasteiger partial charge on any atom is -0.465 e. The third-order valence-corrected chi connectivity index (χ3v) is 5.12. The lowest BCUT2D eigenvalue weighted by atomic mass is 10.2. The number of hydrogen-bond acceptors (Lipinski definition) is 7. The maximum absolute atomic E-state index is 12.6. The van der Waals surface area contributed by atoms with E-state index in [4.69, 9.17) is 4.74 Å². The number of anilines is 1. The third-order valence-electron chi connectivity index (χ3n) is 5.12. The highest BCUT2D eigenvalue weighted by molar-refractivity contribution is 6.36. The summed E-state index contributed by atoms with van der Waals surface area (Å²) in [5.41, 5.74) is 1.30. The number of benzene rings is 1. The molecule has 0 unspecified atom stereocenters. The average molecular weight is 426 g/mol. The van der Waals surface area contributed by atoms with Gasteiger partial charge in [-0.25, -0.2) is 9.97 Å². The van der Waals surface area contributed by atoms with Crippen LogP contribution in [0.5, 0.6) is 5.75 Å². The summed E-state index contributed by atoms with van der Waals surface area (Å²) in [6, 6.07) is 7.13. The zero-order chi connectivity index (χ0) is 21.9. The Labute approximate surface area is 183 Å². The molecule has 0 aliphatic carbocycles. The molecule has 1 aromatic heterocycles. The highest BCUT2D eigenvalue weighted by Crippen LogP contribution is 2.19. The van der Waals surface area contributed by atoms with Crippen LogP contribution in [-0.2, 0) is 9.59 Å². The lowest BCUT2D eigenvalue weighted by molar-refractivity contribution is -0.127. The molecular formula is C23H18N6O3. The molecule has 8 rings (SSSR count). The molecule has 2 amide bonds. The molecular weight excluding hydrogens is 408 g/mol. The van der Waals surface area contributed by atoms with Gasteiger partial charge in [-0.3, -0.25) is 14.6 Å². The van der Waals surface area contributed by atoms with Crippen molar-refractivity contribution in [2.75, 3.05) is 18.0 Å². The number of allylic oxidation sites excluding steroid dienone is 2. The Bertz CT molecular complexity index is 1320. The number of amides is 2. The lowest BCUT2D eigenvalue weighted by Gasteiger charge is -2.29. The van der Waals surface area contributed by atoms with Crippen molar-refractivity contribution < 1.29 is 14.3 Å². The molecule has 6 aliphatic heterocycles. The molecule has 32 heavy (non-hydrogen) atoms. The summed E-state index contributed by atoms with van der Waals surface area (Å²) in [5.74, 6) is 0.759. The first-order valence-corrected chi connectivity index (χ1v) is 10.0. The van der Waals surface area contributed by atoms with Crippen LogP contribution in [0.25, 0.3) is 5.57 Å². The number of carbonyl (C=O) groups excluding carboxylic acids is 2. The predicted octanol–water partition coefficient (Wildman–Crippen LogP) is 1.16. The SMILES string of the molecule is O=C1N=c2ncnc3c2=C1C=Nc1ccc(cc1)O/C=C\C=C/CC(=O)N1C=CN3CC1. The number of hydrogen-bond donors (Lipinski definition) is 0. The van der Waals surface area contributed by atoms with E-state index in [9.17, 15) is 9.59 Å². The molecule has 0 saturated heterocycles. The molecule has 0 spiro atoms. The standard InChI is InChI=1S/C23H18N6O3/c30-19-4-2-1-3-13-32-17-7-5-16(6-8-17)24-14-18-20-21(27-23(18)31)25-15-26-22(20)29-11-9-28(19)10-12-29/h1-3,5-9,11,13-15H,4,10,12H2/b2-1-,13-3-,24-14?. The molecule has 7 heterocycles. The topological polar surface area (TPSA) is 100 Å². The van der Waals surface area contributed by atoms with Crippen LogP contribution in [0.4, 0.5) is 11.5 Å². The third kappa shape index (κ3) is 3.83. The van der Waals surface area contributed by atoms with E-state index < -0.39 is 5.91 Å². The van der Waals surface area contributed by atoms with E-state index in [2.05, 4.69) is 20.0 Å². The van der Waals surface area contributed by atoms with Gasteiger partial charge >= 0.3 is 0 Å². The second kappa shape index (κ2) is 8.38. The van der Waals surface area contributed by atoms with Crippen LogP contribution in [0.3, 0.4) is 0 Å². The Balaban J connectivity index is 1.61. The molecule has 0 saturated carbocycles. The van der Waals surface area contributed by atoms with E-state index in [0.717, 1.165) is 0 Å². The van der Waals surface area contributed by atoms with E-state index in [0.29, 0.717) is 46.6 Å².